The molecule has 18 heavy (non-hydrogen) atoms. The average Bonchev–Trinajstić information content (AvgIpc) is 2.90. The Morgan fingerprint density at radius 2 is 1.83 bits per heavy atom. The van der Waals surface area contributed by atoms with Crippen molar-refractivity contribution in [3.05, 3.63) is 0 Å². The van der Waals surface area contributed by atoms with E-state index in [4.69, 9.17) is 5.73 Å². The summed E-state index contributed by atoms with van der Waals surface area (Å²) in [5.41, 5.74) is 5.71. The molecule has 0 aromatic rings. The minimum atomic E-state index is -0.0310. The maximum absolute atomic E-state index is 12.4. The molecule has 0 radical (unpaired) electrons. The zero-order chi connectivity index (χ0) is 13.5. The summed E-state index contributed by atoms with van der Waals surface area (Å²) < 4.78 is 0. The van der Waals surface area contributed by atoms with Gasteiger partial charge < -0.3 is 10.6 Å². The van der Waals surface area contributed by atoms with E-state index in [0.29, 0.717) is 12.6 Å². The van der Waals surface area contributed by atoms with Gasteiger partial charge in [0, 0.05) is 32.2 Å². The van der Waals surface area contributed by atoms with E-state index in [1.807, 2.05) is 25.7 Å². The van der Waals surface area contributed by atoms with E-state index in [1.54, 1.807) is 0 Å². The summed E-state index contributed by atoms with van der Waals surface area (Å²) in [6.07, 6.45) is 5.02. The molecule has 0 bridgehead atoms. The van der Waals surface area contributed by atoms with Gasteiger partial charge in [-0.3, -0.25) is 9.69 Å². The van der Waals surface area contributed by atoms with Gasteiger partial charge in [0.25, 0.3) is 0 Å². The highest BCUT2D eigenvalue weighted by molar-refractivity contribution is 5.81. The molecule has 0 aromatic carbocycles. The number of nitrogens with zero attached hydrogens (tertiary/aromatic N) is 2. The Kier molecular flexibility index (Phi) is 6.65. The van der Waals surface area contributed by atoms with E-state index in [9.17, 15) is 4.79 Å². The van der Waals surface area contributed by atoms with E-state index in [2.05, 4.69) is 4.90 Å². The van der Waals surface area contributed by atoms with Crippen LogP contribution in [-0.4, -0.2) is 54.0 Å². The molecule has 1 fully saturated rings. The molecular weight excluding hydrogens is 226 g/mol. The van der Waals surface area contributed by atoms with Crippen molar-refractivity contribution in [1.29, 1.82) is 0 Å². The molecule has 2 N–H and O–H groups in total. The number of rotatable bonds is 7. The molecule has 1 amide bonds. The maximum Gasteiger partial charge on any atom is 0.239 e. The Bertz CT molecular complexity index is 247. The van der Waals surface area contributed by atoms with Crippen LogP contribution in [0.3, 0.4) is 0 Å². The number of hydrogen-bond acceptors (Lipinski definition) is 3. The van der Waals surface area contributed by atoms with E-state index in [1.165, 1.54) is 25.7 Å². The first-order valence-electron chi connectivity index (χ1n) is 7.40. The second-order valence-electron chi connectivity index (χ2n) is 5.15. The second-order valence-corrected chi connectivity index (χ2v) is 5.15. The van der Waals surface area contributed by atoms with Gasteiger partial charge >= 0.3 is 0 Å². The lowest BCUT2D eigenvalue weighted by molar-refractivity contribution is -0.136. The molecular formula is C14H29N3O. The van der Waals surface area contributed by atoms with Gasteiger partial charge in [0.15, 0.2) is 0 Å². The molecule has 1 saturated carbocycles. The van der Waals surface area contributed by atoms with E-state index < -0.39 is 0 Å². The Morgan fingerprint density at radius 1 is 1.28 bits per heavy atom. The normalized spacial score (nSPS) is 18.3. The van der Waals surface area contributed by atoms with Crippen LogP contribution in [0.2, 0.25) is 0 Å². The quantitative estimate of drug-likeness (QED) is 0.749. The molecule has 1 rings (SSSR count). The predicted octanol–water partition coefficient (Wildman–Crippen LogP) is 1.45. The third-order valence-electron chi connectivity index (χ3n) is 4.11. The lowest BCUT2D eigenvalue weighted by Crippen LogP contribution is -2.51. The minimum Gasteiger partial charge on any atom is -0.342 e. The molecule has 0 heterocycles. The van der Waals surface area contributed by atoms with Gasteiger partial charge in [0.05, 0.1) is 6.04 Å². The number of carbonyl (C=O) groups is 1. The summed E-state index contributed by atoms with van der Waals surface area (Å²) in [5, 5.41) is 0. The molecule has 1 atom stereocenters. The summed E-state index contributed by atoms with van der Waals surface area (Å²) in [6.45, 7) is 9.16. The highest BCUT2D eigenvalue weighted by atomic mass is 16.2. The highest BCUT2D eigenvalue weighted by Crippen LogP contribution is 2.25. The van der Waals surface area contributed by atoms with Gasteiger partial charge in [-0.25, -0.2) is 0 Å². The third-order valence-corrected chi connectivity index (χ3v) is 4.11. The van der Waals surface area contributed by atoms with Crippen LogP contribution in [0.25, 0.3) is 0 Å². The van der Waals surface area contributed by atoms with Gasteiger partial charge in [0.2, 0.25) is 5.91 Å². The topological polar surface area (TPSA) is 49.6 Å². The van der Waals surface area contributed by atoms with Crippen LogP contribution in [0.4, 0.5) is 0 Å². The van der Waals surface area contributed by atoms with Crippen molar-refractivity contribution in [2.75, 3.05) is 26.2 Å². The highest BCUT2D eigenvalue weighted by Gasteiger charge is 2.31. The van der Waals surface area contributed by atoms with Gasteiger partial charge in [0.1, 0.15) is 0 Å². The largest absolute Gasteiger partial charge is 0.342 e. The SMILES string of the molecule is CCN(CC)C(=O)C(C)N(CCN)C1CCCC1. The van der Waals surface area contributed by atoms with Gasteiger partial charge in [-0.2, -0.15) is 0 Å². The Hall–Kier alpha value is -0.610. The van der Waals surface area contributed by atoms with Crippen molar-refractivity contribution < 1.29 is 4.79 Å². The molecule has 0 aromatic heterocycles. The third kappa shape index (κ3) is 3.69. The number of likely N-dealkylation sites (N-methyl/N-ethyl adjacent to an activating group) is 1. The van der Waals surface area contributed by atoms with Gasteiger partial charge in [-0.1, -0.05) is 12.8 Å². The predicted molar refractivity (Wildman–Crippen MR) is 75.4 cm³/mol. The lowest BCUT2D eigenvalue weighted by Gasteiger charge is -2.35. The second kappa shape index (κ2) is 7.74. The van der Waals surface area contributed by atoms with E-state index in [0.717, 1.165) is 19.6 Å². The van der Waals surface area contributed by atoms with Crippen LogP contribution < -0.4 is 5.73 Å². The zero-order valence-electron chi connectivity index (χ0n) is 12.2. The average molecular weight is 255 g/mol. The number of amides is 1. The van der Waals surface area contributed by atoms with Crippen LogP contribution in [0.15, 0.2) is 0 Å². The first-order chi connectivity index (χ1) is 8.65. The van der Waals surface area contributed by atoms with E-state index in [-0.39, 0.29) is 11.9 Å². The van der Waals surface area contributed by atoms with Crippen molar-refractivity contribution in [3.63, 3.8) is 0 Å². The number of carbonyl (C=O) groups excluding carboxylic acids is 1. The molecule has 4 heteroatoms. The minimum absolute atomic E-state index is 0.0310. The van der Waals surface area contributed by atoms with Crippen LogP contribution >= 0.6 is 0 Å². The summed E-state index contributed by atoms with van der Waals surface area (Å²) in [5.74, 6) is 0.250. The monoisotopic (exact) mass is 255 g/mol. The summed E-state index contributed by atoms with van der Waals surface area (Å²) in [7, 11) is 0. The molecule has 1 aliphatic carbocycles. The smallest absolute Gasteiger partial charge is 0.239 e. The van der Waals surface area contributed by atoms with Crippen molar-refractivity contribution in [2.45, 2.75) is 58.5 Å². The fourth-order valence-corrected chi connectivity index (χ4v) is 3.02. The fourth-order valence-electron chi connectivity index (χ4n) is 3.02. The maximum atomic E-state index is 12.4. The summed E-state index contributed by atoms with van der Waals surface area (Å²) in [6, 6.07) is 0.527. The van der Waals surface area contributed by atoms with Crippen LogP contribution in [0.5, 0.6) is 0 Å². The fraction of sp³-hybridized carbons (Fsp3) is 0.929. The number of hydrogen-bond donors (Lipinski definition) is 1. The van der Waals surface area contributed by atoms with Crippen LogP contribution in [-0.2, 0) is 4.79 Å². The molecule has 1 unspecified atom stereocenters. The van der Waals surface area contributed by atoms with Crippen LogP contribution in [0, 0.1) is 0 Å². The molecule has 0 saturated heterocycles. The van der Waals surface area contributed by atoms with Crippen molar-refractivity contribution in [1.82, 2.24) is 9.80 Å². The Balaban J connectivity index is 2.68. The molecule has 0 spiro atoms. The zero-order valence-corrected chi connectivity index (χ0v) is 12.2. The first kappa shape index (κ1) is 15.4. The molecule has 4 nitrogen and oxygen atoms in total. The molecule has 0 aliphatic heterocycles. The lowest BCUT2D eigenvalue weighted by atomic mass is 10.1. The van der Waals surface area contributed by atoms with Gasteiger partial charge in [-0.15, -0.1) is 0 Å². The Morgan fingerprint density at radius 3 is 2.28 bits per heavy atom. The van der Waals surface area contributed by atoms with E-state index >= 15 is 0 Å². The summed E-state index contributed by atoms with van der Waals surface area (Å²) >= 11 is 0. The van der Waals surface area contributed by atoms with Crippen molar-refractivity contribution >= 4 is 5.91 Å². The number of nitrogens with two attached hydrogens (primary N) is 1. The van der Waals surface area contributed by atoms with Crippen molar-refractivity contribution in [3.8, 4) is 0 Å². The Labute approximate surface area is 111 Å². The first-order valence-corrected chi connectivity index (χ1v) is 7.40. The standard InChI is InChI=1S/C14H29N3O/c1-4-16(5-2)14(18)12(3)17(11-10-15)13-8-6-7-9-13/h12-13H,4-11,15H2,1-3H3. The summed E-state index contributed by atoms with van der Waals surface area (Å²) in [4.78, 5) is 16.7. The van der Waals surface area contributed by atoms with Gasteiger partial charge in [-0.05, 0) is 33.6 Å². The van der Waals surface area contributed by atoms with Crippen molar-refractivity contribution in [2.24, 2.45) is 5.73 Å². The van der Waals surface area contributed by atoms with Crippen LogP contribution in [0.1, 0.15) is 46.5 Å². The molecule has 1 aliphatic rings. The molecule has 106 valence electrons.